The molecular weight excluding hydrogens is 372 g/mol. The van der Waals surface area contributed by atoms with Crippen molar-refractivity contribution in [2.45, 2.75) is 13.5 Å². The predicted molar refractivity (Wildman–Crippen MR) is 122 cm³/mol. The lowest BCUT2D eigenvalue weighted by Crippen LogP contribution is -1.97. The lowest BCUT2D eigenvalue weighted by atomic mass is 10.1. The van der Waals surface area contributed by atoms with Gasteiger partial charge in [-0.1, -0.05) is 18.2 Å². The first kappa shape index (κ1) is 19.5. The van der Waals surface area contributed by atoms with E-state index < -0.39 is 0 Å². The molecule has 0 bridgehead atoms. The zero-order chi connectivity index (χ0) is 20.8. The summed E-state index contributed by atoms with van der Waals surface area (Å²) in [6.45, 7) is 2.54. The number of aryl methyl sites for hydroxylation is 2. The number of H-pyrrole nitrogens is 1. The van der Waals surface area contributed by atoms with Crippen LogP contribution in [0.25, 0.3) is 24.3 Å². The fourth-order valence-electron chi connectivity index (χ4n) is 3.09. The Labute approximate surface area is 176 Å². The quantitative estimate of drug-likeness (QED) is 0.457. The minimum absolute atomic E-state index is 0.460. The van der Waals surface area contributed by atoms with Gasteiger partial charge in [-0.05, 0) is 78.7 Å². The van der Waals surface area contributed by atoms with Gasteiger partial charge in [-0.2, -0.15) is 5.10 Å². The fourth-order valence-corrected chi connectivity index (χ4v) is 3.09. The molecule has 0 aliphatic heterocycles. The molecule has 0 aliphatic carbocycles. The second-order valence-corrected chi connectivity index (χ2v) is 7.09. The molecule has 3 heterocycles. The summed E-state index contributed by atoms with van der Waals surface area (Å²) in [5, 5.41) is 7.42. The Kier molecular flexibility index (Phi) is 5.90. The maximum Gasteiger partial charge on any atom is 0.130 e. The smallest absolute Gasteiger partial charge is 0.130 e. The minimum atomic E-state index is 0.460. The number of nitrogens with zero attached hydrogens (tertiary/aromatic N) is 3. The van der Waals surface area contributed by atoms with Crippen LogP contribution in [0.15, 0.2) is 67.0 Å². The average Bonchev–Trinajstić information content (AvgIpc) is 3.39. The average molecular weight is 396 g/mol. The molecule has 0 saturated carbocycles. The summed E-state index contributed by atoms with van der Waals surface area (Å²) >= 11 is 0. The third-order valence-corrected chi connectivity index (χ3v) is 4.82. The molecular formula is C25H24N4O. The first-order chi connectivity index (χ1) is 14.7. The van der Waals surface area contributed by atoms with Gasteiger partial charge in [-0.25, -0.2) is 0 Å². The van der Waals surface area contributed by atoms with E-state index in [9.17, 15) is 0 Å². The van der Waals surface area contributed by atoms with Crippen LogP contribution in [0.4, 0.5) is 0 Å². The Morgan fingerprint density at radius 2 is 1.93 bits per heavy atom. The Hall–Kier alpha value is -3.86. The van der Waals surface area contributed by atoms with Crippen LogP contribution in [0.1, 0.15) is 33.9 Å². The van der Waals surface area contributed by atoms with Crippen LogP contribution in [0.3, 0.4) is 0 Å². The zero-order valence-corrected chi connectivity index (χ0v) is 17.1. The second-order valence-electron chi connectivity index (χ2n) is 7.09. The number of benzene rings is 1. The lowest BCUT2D eigenvalue weighted by molar-refractivity contribution is 0.301. The maximum absolute atomic E-state index is 5.85. The number of pyridine rings is 1. The highest BCUT2D eigenvalue weighted by Gasteiger charge is 2.01. The highest BCUT2D eigenvalue weighted by molar-refractivity contribution is 5.72. The number of rotatable bonds is 7. The van der Waals surface area contributed by atoms with Crippen LogP contribution < -0.4 is 4.74 Å². The first-order valence-corrected chi connectivity index (χ1v) is 9.84. The van der Waals surface area contributed by atoms with Crippen molar-refractivity contribution in [2.24, 2.45) is 7.05 Å². The van der Waals surface area contributed by atoms with Crippen LogP contribution in [-0.4, -0.2) is 19.7 Å². The van der Waals surface area contributed by atoms with E-state index >= 15 is 0 Å². The number of aromatic amines is 1. The molecule has 0 radical (unpaired) electrons. The Balaban J connectivity index is 1.38. The standard InChI is InChI=1S/C25H24N4O/c1-19-16-25(30-18-23-6-3-4-14-26-23)13-9-20(19)8-10-21-17-22(28-27-21)11-12-24-7-5-15-29(24)2/h3-17H,18H2,1-2H3,(H,27,28)/b10-8?,12-11+. The van der Waals surface area contributed by atoms with Gasteiger partial charge in [-0.3, -0.25) is 10.1 Å². The van der Waals surface area contributed by atoms with Crippen molar-refractivity contribution in [3.05, 3.63) is 101 Å². The van der Waals surface area contributed by atoms with Crippen molar-refractivity contribution >= 4 is 24.3 Å². The highest BCUT2D eigenvalue weighted by atomic mass is 16.5. The van der Waals surface area contributed by atoms with Crippen LogP contribution in [0, 0.1) is 6.92 Å². The van der Waals surface area contributed by atoms with Crippen LogP contribution in [-0.2, 0) is 13.7 Å². The van der Waals surface area contributed by atoms with E-state index in [2.05, 4.69) is 51.0 Å². The van der Waals surface area contributed by atoms with Crippen molar-refractivity contribution in [3.8, 4) is 5.75 Å². The van der Waals surface area contributed by atoms with Crippen LogP contribution in [0.5, 0.6) is 5.75 Å². The number of hydrogen-bond acceptors (Lipinski definition) is 3. The highest BCUT2D eigenvalue weighted by Crippen LogP contribution is 2.20. The first-order valence-electron chi connectivity index (χ1n) is 9.84. The van der Waals surface area contributed by atoms with E-state index in [0.717, 1.165) is 39.7 Å². The molecule has 4 aromatic rings. The van der Waals surface area contributed by atoms with Gasteiger partial charge in [0.15, 0.2) is 0 Å². The lowest BCUT2D eigenvalue weighted by Gasteiger charge is -2.08. The molecule has 150 valence electrons. The van der Waals surface area contributed by atoms with Gasteiger partial charge in [-0.15, -0.1) is 0 Å². The molecule has 1 aromatic carbocycles. The molecule has 0 fully saturated rings. The van der Waals surface area contributed by atoms with Gasteiger partial charge in [0, 0.05) is 25.1 Å². The molecule has 1 N–H and O–H groups in total. The van der Waals surface area contributed by atoms with Crippen molar-refractivity contribution < 1.29 is 4.74 Å². The molecule has 5 nitrogen and oxygen atoms in total. The SMILES string of the molecule is Cc1cc(OCc2ccccn2)ccc1C=Cc1cc(/C=C/c2cccn2C)[nH]n1. The molecule has 4 rings (SSSR count). The van der Waals surface area contributed by atoms with E-state index in [1.807, 2.05) is 67.9 Å². The van der Waals surface area contributed by atoms with Crippen LogP contribution >= 0.6 is 0 Å². The normalized spacial score (nSPS) is 11.5. The van der Waals surface area contributed by atoms with Crippen molar-refractivity contribution in [1.82, 2.24) is 19.7 Å². The Morgan fingerprint density at radius 1 is 1.00 bits per heavy atom. The molecule has 0 saturated heterocycles. The van der Waals surface area contributed by atoms with Gasteiger partial charge >= 0.3 is 0 Å². The molecule has 0 aliphatic rings. The number of aromatic nitrogens is 4. The molecule has 0 spiro atoms. The van der Waals surface area contributed by atoms with Gasteiger partial charge < -0.3 is 9.30 Å². The molecule has 5 heteroatoms. The van der Waals surface area contributed by atoms with Crippen LogP contribution in [0.2, 0.25) is 0 Å². The number of hydrogen-bond donors (Lipinski definition) is 1. The number of nitrogens with one attached hydrogen (secondary N) is 1. The monoisotopic (exact) mass is 396 g/mol. The summed E-state index contributed by atoms with van der Waals surface area (Å²) in [5.41, 5.74) is 6.17. The summed E-state index contributed by atoms with van der Waals surface area (Å²) in [6.07, 6.45) is 12.0. The summed E-state index contributed by atoms with van der Waals surface area (Å²) in [4.78, 5) is 4.28. The molecule has 0 unspecified atom stereocenters. The summed E-state index contributed by atoms with van der Waals surface area (Å²) < 4.78 is 7.92. The van der Waals surface area contributed by atoms with E-state index in [-0.39, 0.29) is 0 Å². The second kappa shape index (κ2) is 9.09. The maximum atomic E-state index is 5.85. The van der Waals surface area contributed by atoms with Crippen molar-refractivity contribution in [2.75, 3.05) is 0 Å². The molecule has 30 heavy (non-hydrogen) atoms. The molecule has 0 atom stereocenters. The van der Waals surface area contributed by atoms with E-state index in [4.69, 9.17) is 4.74 Å². The van der Waals surface area contributed by atoms with Gasteiger partial charge in [0.25, 0.3) is 0 Å². The molecule has 0 amide bonds. The van der Waals surface area contributed by atoms with Gasteiger partial charge in [0.2, 0.25) is 0 Å². The van der Waals surface area contributed by atoms with Crippen molar-refractivity contribution in [1.29, 1.82) is 0 Å². The largest absolute Gasteiger partial charge is 0.487 e. The van der Waals surface area contributed by atoms with Gasteiger partial charge in [0.1, 0.15) is 12.4 Å². The molecule has 3 aromatic heterocycles. The fraction of sp³-hybridized carbons (Fsp3) is 0.120. The van der Waals surface area contributed by atoms with Crippen molar-refractivity contribution in [3.63, 3.8) is 0 Å². The summed E-state index contributed by atoms with van der Waals surface area (Å²) in [6, 6.07) is 18.0. The van der Waals surface area contributed by atoms with E-state index in [0.29, 0.717) is 6.61 Å². The predicted octanol–water partition coefficient (Wildman–Crippen LogP) is 5.37. The number of ether oxygens (including phenoxy) is 1. The topological polar surface area (TPSA) is 55.7 Å². The third kappa shape index (κ3) is 4.94. The summed E-state index contributed by atoms with van der Waals surface area (Å²) in [7, 11) is 2.03. The van der Waals surface area contributed by atoms with Gasteiger partial charge in [0.05, 0.1) is 17.1 Å². The summed E-state index contributed by atoms with van der Waals surface area (Å²) in [5.74, 6) is 0.836. The Bertz CT molecular complexity index is 1170. The Morgan fingerprint density at radius 3 is 2.70 bits per heavy atom. The third-order valence-electron chi connectivity index (χ3n) is 4.82. The minimum Gasteiger partial charge on any atom is -0.487 e. The zero-order valence-electron chi connectivity index (χ0n) is 17.1. The van der Waals surface area contributed by atoms with E-state index in [1.54, 1.807) is 6.20 Å². The van der Waals surface area contributed by atoms with E-state index in [1.165, 1.54) is 0 Å².